The topological polar surface area (TPSA) is 70.1 Å². The summed E-state index contributed by atoms with van der Waals surface area (Å²) in [6.45, 7) is 0. The van der Waals surface area contributed by atoms with E-state index in [0.29, 0.717) is 26.3 Å². The number of hydrogen-bond donors (Lipinski definition) is 2. The second kappa shape index (κ2) is 7.70. The van der Waals surface area contributed by atoms with Crippen LogP contribution in [-0.4, -0.2) is 22.3 Å². The third-order valence-corrected chi connectivity index (χ3v) is 4.28. The summed E-state index contributed by atoms with van der Waals surface area (Å²) in [6, 6.07) is 13.8. The average Bonchev–Trinajstić information content (AvgIpc) is 3.09. The van der Waals surface area contributed by atoms with E-state index in [4.69, 9.17) is 34.8 Å². The van der Waals surface area contributed by atoms with Crippen LogP contribution in [0.3, 0.4) is 0 Å². The Balaban J connectivity index is 1.66. The minimum absolute atomic E-state index is 0.288. The number of hydrazone groups is 1. The fraction of sp³-hybridized carbons (Fsp3) is 0. The van der Waals surface area contributed by atoms with Crippen molar-refractivity contribution >= 4 is 46.9 Å². The molecule has 0 spiro atoms. The van der Waals surface area contributed by atoms with Crippen LogP contribution in [0.25, 0.3) is 11.3 Å². The highest BCUT2D eigenvalue weighted by molar-refractivity contribution is 6.42. The molecule has 3 rings (SSSR count). The van der Waals surface area contributed by atoms with Crippen molar-refractivity contribution in [3.05, 3.63) is 74.9 Å². The fourth-order valence-electron chi connectivity index (χ4n) is 2.02. The van der Waals surface area contributed by atoms with Crippen LogP contribution in [-0.2, 0) is 0 Å². The Kier molecular flexibility index (Phi) is 5.38. The predicted octanol–water partition coefficient (Wildman–Crippen LogP) is 4.80. The minimum Gasteiger partial charge on any atom is -0.272 e. The summed E-state index contributed by atoms with van der Waals surface area (Å²) < 4.78 is 0. The molecule has 1 aromatic heterocycles. The molecule has 2 N–H and O–H groups in total. The van der Waals surface area contributed by atoms with Crippen LogP contribution in [0, 0.1) is 0 Å². The molecule has 0 saturated carbocycles. The molecule has 126 valence electrons. The van der Waals surface area contributed by atoms with Crippen molar-refractivity contribution in [3.63, 3.8) is 0 Å². The van der Waals surface area contributed by atoms with Crippen LogP contribution in [0.1, 0.15) is 16.1 Å². The number of nitrogens with one attached hydrogen (secondary N) is 2. The number of rotatable bonds is 4. The number of benzene rings is 2. The molecule has 0 saturated heterocycles. The van der Waals surface area contributed by atoms with E-state index in [1.54, 1.807) is 36.4 Å². The quantitative estimate of drug-likeness (QED) is 0.494. The smallest absolute Gasteiger partial charge is 0.272 e. The van der Waals surface area contributed by atoms with Crippen molar-refractivity contribution in [1.82, 2.24) is 15.6 Å². The highest BCUT2D eigenvalue weighted by Gasteiger charge is 2.10. The summed E-state index contributed by atoms with van der Waals surface area (Å²) in [5, 5.41) is 12.2. The minimum atomic E-state index is -0.413. The van der Waals surface area contributed by atoms with E-state index in [9.17, 15) is 4.79 Å². The molecule has 0 radical (unpaired) electrons. The largest absolute Gasteiger partial charge is 0.289 e. The van der Waals surface area contributed by atoms with E-state index in [2.05, 4.69) is 20.7 Å². The molecular formula is C17H11Cl3N4O. The van der Waals surface area contributed by atoms with Gasteiger partial charge in [0.05, 0.1) is 22.0 Å². The summed E-state index contributed by atoms with van der Waals surface area (Å²) >= 11 is 17.6. The molecule has 8 heteroatoms. The summed E-state index contributed by atoms with van der Waals surface area (Å²) in [6.07, 6.45) is 1.47. The first kappa shape index (κ1) is 17.5. The molecule has 0 fully saturated rings. The number of hydrogen-bond acceptors (Lipinski definition) is 3. The molecule has 25 heavy (non-hydrogen) atoms. The van der Waals surface area contributed by atoms with Gasteiger partial charge in [-0.05, 0) is 35.9 Å². The summed E-state index contributed by atoms with van der Waals surface area (Å²) in [7, 11) is 0. The first-order valence-corrected chi connectivity index (χ1v) is 8.26. The van der Waals surface area contributed by atoms with E-state index in [-0.39, 0.29) is 5.69 Å². The molecule has 1 amide bonds. The maximum absolute atomic E-state index is 12.1. The maximum atomic E-state index is 12.1. The second-order valence-electron chi connectivity index (χ2n) is 5.05. The average molecular weight is 394 g/mol. The van der Waals surface area contributed by atoms with Gasteiger partial charge in [0.25, 0.3) is 5.91 Å². The highest BCUT2D eigenvalue weighted by Crippen LogP contribution is 2.22. The summed E-state index contributed by atoms with van der Waals surface area (Å²) in [5.41, 5.74) is 4.90. The van der Waals surface area contributed by atoms with Gasteiger partial charge < -0.3 is 0 Å². The van der Waals surface area contributed by atoms with E-state index < -0.39 is 5.91 Å². The number of nitrogens with zero attached hydrogens (tertiary/aromatic N) is 2. The van der Waals surface area contributed by atoms with Gasteiger partial charge in [-0.15, -0.1) is 0 Å². The third kappa shape index (κ3) is 4.39. The highest BCUT2D eigenvalue weighted by atomic mass is 35.5. The van der Waals surface area contributed by atoms with Crippen molar-refractivity contribution in [3.8, 4) is 11.3 Å². The van der Waals surface area contributed by atoms with Gasteiger partial charge in [0.2, 0.25) is 0 Å². The molecule has 1 heterocycles. The van der Waals surface area contributed by atoms with Crippen molar-refractivity contribution in [2.45, 2.75) is 0 Å². The molecule has 0 aliphatic carbocycles. The number of carbonyl (C=O) groups is 1. The third-order valence-electron chi connectivity index (χ3n) is 3.29. The lowest BCUT2D eigenvalue weighted by Crippen LogP contribution is -2.17. The molecule has 0 aliphatic heterocycles. The standard InChI is InChI=1S/C17H11Cl3N4O/c18-12-4-2-11(3-5-12)15-8-16(23-22-15)17(25)24-21-9-10-1-6-13(19)14(20)7-10/h1-9H,(H,22,23)(H,24,25). The molecular weight excluding hydrogens is 383 g/mol. The Labute approximate surface area is 158 Å². The molecule has 0 atom stereocenters. The Morgan fingerprint density at radius 3 is 2.52 bits per heavy atom. The van der Waals surface area contributed by atoms with Crippen molar-refractivity contribution in [1.29, 1.82) is 0 Å². The fourth-order valence-corrected chi connectivity index (χ4v) is 2.46. The maximum Gasteiger partial charge on any atom is 0.289 e. The van der Waals surface area contributed by atoms with E-state index >= 15 is 0 Å². The van der Waals surface area contributed by atoms with Gasteiger partial charge in [-0.3, -0.25) is 9.89 Å². The number of halogens is 3. The van der Waals surface area contributed by atoms with Crippen molar-refractivity contribution in [2.75, 3.05) is 0 Å². The SMILES string of the molecule is O=C(NN=Cc1ccc(Cl)c(Cl)c1)c1cc(-c2ccc(Cl)cc2)n[nH]1. The first-order valence-electron chi connectivity index (χ1n) is 7.13. The summed E-state index contributed by atoms with van der Waals surface area (Å²) in [5.74, 6) is -0.413. The number of carbonyl (C=O) groups excluding carboxylic acids is 1. The molecule has 3 aromatic rings. The second-order valence-corrected chi connectivity index (χ2v) is 6.30. The molecule has 0 aliphatic rings. The van der Waals surface area contributed by atoms with Crippen molar-refractivity contribution < 1.29 is 4.79 Å². The number of amides is 1. The Hall–Kier alpha value is -2.34. The monoisotopic (exact) mass is 392 g/mol. The normalized spacial score (nSPS) is 11.0. The van der Waals surface area contributed by atoms with Crippen molar-refractivity contribution in [2.24, 2.45) is 5.10 Å². The number of aromatic nitrogens is 2. The zero-order valence-electron chi connectivity index (χ0n) is 12.6. The molecule has 2 aromatic carbocycles. The van der Waals surface area contributed by atoms with Gasteiger partial charge in [0.1, 0.15) is 5.69 Å². The number of H-pyrrole nitrogens is 1. The lowest BCUT2D eigenvalue weighted by atomic mass is 10.1. The van der Waals surface area contributed by atoms with Gasteiger partial charge in [0, 0.05) is 10.6 Å². The number of aromatic amines is 1. The van der Waals surface area contributed by atoms with Gasteiger partial charge in [-0.2, -0.15) is 10.2 Å². The van der Waals surface area contributed by atoms with Crippen LogP contribution in [0.5, 0.6) is 0 Å². The Bertz CT molecular complexity index is 935. The molecule has 0 unspecified atom stereocenters. The molecule has 0 bridgehead atoms. The van der Waals surface area contributed by atoms with E-state index in [1.165, 1.54) is 6.21 Å². The van der Waals surface area contributed by atoms with Crippen LogP contribution in [0.4, 0.5) is 0 Å². The van der Waals surface area contributed by atoms with E-state index in [1.807, 2.05) is 12.1 Å². The Morgan fingerprint density at radius 2 is 1.80 bits per heavy atom. The zero-order chi connectivity index (χ0) is 17.8. The van der Waals surface area contributed by atoms with Gasteiger partial charge in [-0.1, -0.05) is 53.0 Å². The first-order chi connectivity index (χ1) is 12.0. The van der Waals surface area contributed by atoms with Crippen LogP contribution < -0.4 is 5.43 Å². The van der Waals surface area contributed by atoms with Crippen LogP contribution >= 0.6 is 34.8 Å². The van der Waals surface area contributed by atoms with Gasteiger partial charge in [-0.25, -0.2) is 5.43 Å². The zero-order valence-corrected chi connectivity index (χ0v) is 14.9. The van der Waals surface area contributed by atoms with Gasteiger partial charge in [0.15, 0.2) is 0 Å². The van der Waals surface area contributed by atoms with E-state index in [0.717, 1.165) is 5.56 Å². The predicted molar refractivity (Wildman–Crippen MR) is 101 cm³/mol. The van der Waals surface area contributed by atoms with Crippen LogP contribution in [0.2, 0.25) is 15.1 Å². The Morgan fingerprint density at radius 1 is 1.04 bits per heavy atom. The lowest BCUT2D eigenvalue weighted by molar-refractivity contribution is 0.0950. The van der Waals surface area contributed by atoms with Gasteiger partial charge >= 0.3 is 0 Å². The van der Waals surface area contributed by atoms with Crippen LogP contribution in [0.15, 0.2) is 53.6 Å². The summed E-state index contributed by atoms with van der Waals surface area (Å²) in [4.78, 5) is 12.1. The molecule has 5 nitrogen and oxygen atoms in total. The lowest BCUT2D eigenvalue weighted by Gasteiger charge is -1.98.